The van der Waals surface area contributed by atoms with E-state index in [2.05, 4.69) is 10.6 Å². The molecule has 3 rings (SSSR count). The summed E-state index contributed by atoms with van der Waals surface area (Å²) in [6.07, 6.45) is -0.862. The van der Waals surface area contributed by atoms with Crippen molar-refractivity contribution in [3.8, 4) is 11.8 Å². The van der Waals surface area contributed by atoms with Crippen molar-refractivity contribution in [2.45, 2.75) is 13.0 Å². The number of carbonyl (C=O) groups is 2. The van der Waals surface area contributed by atoms with Crippen LogP contribution >= 0.6 is 11.6 Å². The summed E-state index contributed by atoms with van der Waals surface area (Å²) in [5, 5.41) is 15.2. The molecule has 0 aliphatic carbocycles. The van der Waals surface area contributed by atoms with E-state index in [-0.39, 0.29) is 5.91 Å². The van der Waals surface area contributed by atoms with Crippen molar-refractivity contribution in [1.82, 2.24) is 0 Å². The first-order valence-electron chi connectivity index (χ1n) is 9.10. The molecular formula is C23H18ClN3O3. The largest absolute Gasteiger partial charge is 0.480 e. The van der Waals surface area contributed by atoms with Crippen molar-refractivity contribution in [2.24, 2.45) is 0 Å². The third-order valence-corrected chi connectivity index (χ3v) is 4.47. The summed E-state index contributed by atoms with van der Waals surface area (Å²) in [6, 6.07) is 22.0. The number of halogens is 1. The molecule has 7 heteroatoms. The lowest BCUT2D eigenvalue weighted by atomic mass is 10.2. The predicted molar refractivity (Wildman–Crippen MR) is 116 cm³/mol. The second-order valence-corrected chi connectivity index (χ2v) is 6.80. The fourth-order valence-corrected chi connectivity index (χ4v) is 2.76. The Morgan fingerprint density at radius 3 is 2.20 bits per heavy atom. The number of rotatable bonds is 6. The van der Waals surface area contributed by atoms with Gasteiger partial charge < -0.3 is 15.4 Å². The van der Waals surface area contributed by atoms with Gasteiger partial charge in [0.2, 0.25) is 0 Å². The first-order chi connectivity index (χ1) is 14.5. The number of ether oxygens (including phenoxy) is 1. The van der Waals surface area contributed by atoms with Crippen molar-refractivity contribution in [3.05, 3.63) is 88.9 Å². The molecule has 1 atom stereocenters. The molecule has 2 amide bonds. The number of amides is 2. The van der Waals surface area contributed by atoms with Crippen molar-refractivity contribution in [2.75, 3.05) is 10.6 Å². The number of hydrogen-bond donors (Lipinski definition) is 2. The highest BCUT2D eigenvalue weighted by Crippen LogP contribution is 2.23. The van der Waals surface area contributed by atoms with Crippen LogP contribution in [0.15, 0.2) is 72.8 Å². The van der Waals surface area contributed by atoms with Gasteiger partial charge in [-0.3, -0.25) is 9.59 Å². The van der Waals surface area contributed by atoms with E-state index >= 15 is 0 Å². The summed E-state index contributed by atoms with van der Waals surface area (Å²) in [4.78, 5) is 25.1. The standard InChI is InChI=1S/C23H18ClN3O3/c1-15(30-21-9-5-2-6-17(21)14-25)22(28)26-19-7-3-4-8-20(19)27-23(29)16-10-12-18(24)13-11-16/h2-13,15H,1H3,(H,26,28)(H,27,29). The number of nitrogens with zero attached hydrogens (tertiary/aromatic N) is 1. The van der Waals surface area contributed by atoms with Gasteiger partial charge in [-0.1, -0.05) is 35.9 Å². The van der Waals surface area contributed by atoms with Gasteiger partial charge in [0, 0.05) is 10.6 Å². The maximum atomic E-state index is 12.6. The normalized spacial score (nSPS) is 11.1. The quantitative estimate of drug-likeness (QED) is 0.596. The molecule has 6 nitrogen and oxygen atoms in total. The maximum absolute atomic E-state index is 12.6. The summed E-state index contributed by atoms with van der Waals surface area (Å²) in [7, 11) is 0. The monoisotopic (exact) mass is 419 g/mol. The van der Waals surface area contributed by atoms with Crippen molar-refractivity contribution >= 4 is 34.8 Å². The highest BCUT2D eigenvalue weighted by molar-refractivity contribution is 6.30. The molecule has 0 aliphatic rings. The first kappa shape index (κ1) is 20.9. The molecule has 0 radical (unpaired) electrons. The fourth-order valence-electron chi connectivity index (χ4n) is 2.64. The van der Waals surface area contributed by atoms with Gasteiger partial charge in [0.05, 0.1) is 16.9 Å². The lowest BCUT2D eigenvalue weighted by Gasteiger charge is -2.17. The van der Waals surface area contributed by atoms with Gasteiger partial charge >= 0.3 is 0 Å². The van der Waals surface area contributed by atoms with Crippen LogP contribution in [-0.4, -0.2) is 17.9 Å². The molecule has 1 unspecified atom stereocenters. The van der Waals surface area contributed by atoms with E-state index in [1.807, 2.05) is 6.07 Å². The number of hydrogen-bond acceptors (Lipinski definition) is 4. The zero-order valence-electron chi connectivity index (χ0n) is 16.1. The summed E-state index contributed by atoms with van der Waals surface area (Å²) in [5.41, 5.74) is 1.64. The van der Waals surface area contributed by atoms with E-state index < -0.39 is 12.0 Å². The second-order valence-electron chi connectivity index (χ2n) is 6.36. The van der Waals surface area contributed by atoms with E-state index in [9.17, 15) is 9.59 Å². The molecule has 0 saturated carbocycles. The van der Waals surface area contributed by atoms with Crippen LogP contribution in [0.5, 0.6) is 5.75 Å². The van der Waals surface area contributed by atoms with Crippen LogP contribution in [-0.2, 0) is 4.79 Å². The minimum absolute atomic E-state index is 0.326. The molecule has 0 heterocycles. The van der Waals surface area contributed by atoms with Gasteiger partial charge in [0.15, 0.2) is 6.10 Å². The first-order valence-corrected chi connectivity index (χ1v) is 9.48. The molecule has 3 aromatic carbocycles. The van der Waals surface area contributed by atoms with Crippen LogP contribution in [0.2, 0.25) is 5.02 Å². The van der Waals surface area contributed by atoms with Crippen molar-refractivity contribution in [1.29, 1.82) is 5.26 Å². The fraction of sp³-hybridized carbons (Fsp3) is 0.0870. The lowest BCUT2D eigenvalue weighted by molar-refractivity contribution is -0.122. The zero-order valence-corrected chi connectivity index (χ0v) is 16.8. The average Bonchev–Trinajstić information content (AvgIpc) is 2.75. The number of carbonyl (C=O) groups excluding carboxylic acids is 2. The van der Waals surface area contributed by atoms with Crippen LogP contribution in [0.1, 0.15) is 22.8 Å². The average molecular weight is 420 g/mol. The summed E-state index contributed by atoms with van der Waals surface area (Å²) < 4.78 is 5.64. The molecule has 0 bridgehead atoms. The van der Waals surface area contributed by atoms with E-state index in [0.29, 0.717) is 33.3 Å². The third-order valence-electron chi connectivity index (χ3n) is 4.22. The minimum Gasteiger partial charge on any atom is -0.480 e. The van der Waals surface area contributed by atoms with Gasteiger partial charge in [-0.05, 0) is 55.5 Å². The predicted octanol–water partition coefficient (Wildman–Crippen LogP) is 4.87. The van der Waals surface area contributed by atoms with Crippen molar-refractivity contribution < 1.29 is 14.3 Å². The molecule has 30 heavy (non-hydrogen) atoms. The van der Waals surface area contributed by atoms with Gasteiger partial charge in [-0.25, -0.2) is 0 Å². The smallest absolute Gasteiger partial charge is 0.265 e. The molecule has 2 N–H and O–H groups in total. The van der Waals surface area contributed by atoms with Gasteiger partial charge in [-0.15, -0.1) is 0 Å². The van der Waals surface area contributed by atoms with Crippen LogP contribution in [0.3, 0.4) is 0 Å². The van der Waals surface area contributed by atoms with Gasteiger partial charge in [-0.2, -0.15) is 5.26 Å². The number of nitrogens with one attached hydrogen (secondary N) is 2. The van der Waals surface area contributed by atoms with E-state index in [4.69, 9.17) is 21.6 Å². The number of anilines is 2. The van der Waals surface area contributed by atoms with Crippen LogP contribution in [0.25, 0.3) is 0 Å². The Morgan fingerprint density at radius 2 is 1.53 bits per heavy atom. The topological polar surface area (TPSA) is 91.2 Å². The Bertz CT molecular complexity index is 1110. The van der Waals surface area contributed by atoms with Gasteiger partial charge in [0.1, 0.15) is 11.8 Å². The maximum Gasteiger partial charge on any atom is 0.265 e. The Balaban J connectivity index is 1.71. The third kappa shape index (κ3) is 5.16. The molecule has 0 fully saturated rings. The molecule has 0 aromatic heterocycles. The highest BCUT2D eigenvalue weighted by Gasteiger charge is 2.18. The Hall–Kier alpha value is -3.82. The van der Waals surface area contributed by atoms with Crippen LogP contribution < -0.4 is 15.4 Å². The number of benzene rings is 3. The molecule has 0 spiro atoms. The SMILES string of the molecule is CC(Oc1ccccc1C#N)C(=O)Nc1ccccc1NC(=O)c1ccc(Cl)cc1. The van der Waals surface area contributed by atoms with Crippen LogP contribution in [0.4, 0.5) is 11.4 Å². The molecule has 150 valence electrons. The summed E-state index contributed by atoms with van der Waals surface area (Å²) in [5.74, 6) is -0.427. The minimum atomic E-state index is -0.862. The highest BCUT2D eigenvalue weighted by atomic mass is 35.5. The Labute approximate surface area is 179 Å². The van der Waals surface area contributed by atoms with E-state index in [0.717, 1.165) is 0 Å². The van der Waals surface area contributed by atoms with E-state index in [1.165, 1.54) is 0 Å². The number of nitriles is 1. The zero-order chi connectivity index (χ0) is 21.5. The number of para-hydroxylation sites is 3. The van der Waals surface area contributed by atoms with Crippen molar-refractivity contribution in [3.63, 3.8) is 0 Å². The summed E-state index contributed by atoms with van der Waals surface area (Å²) >= 11 is 5.86. The lowest BCUT2D eigenvalue weighted by Crippen LogP contribution is -2.30. The van der Waals surface area contributed by atoms with Crippen LogP contribution in [0, 0.1) is 11.3 Å². The van der Waals surface area contributed by atoms with E-state index in [1.54, 1.807) is 79.7 Å². The second kappa shape index (κ2) is 9.59. The molecule has 0 aliphatic heterocycles. The summed E-state index contributed by atoms with van der Waals surface area (Å²) in [6.45, 7) is 1.58. The molecule has 0 saturated heterocycles. The Kier molecular flexibility index (Phi) is 6.68. The molecule has 3 aromatic rings. The Morgan fingerprint density at radius 1 is 0.933 bits per heavy atom. The molecular weight excluding hydrogens is 402 g/mol. The van der Waals surface area contributed by atoms with Gasteiger partial charge in [0.25, 0.3) is 11.8 Å².